The first kappa shape index (κ1) is 15.3. The second kappa shape index (κ2) is 6.99. The van der Waals surface area contributed by atoms with Crippen LogP contribution in [0.3, 0.4) is 0 Å². The number of nitrogens with one attached hydrogen (secondary N) is 1. The van der Waals surface area contributed by atoms with E-state index in [-0.39, 0.29) is 6.54 Å². The molecule has 1 amide bonds. The number of hydrogen-bond donors (Lipinski definition) is 2. The zero-order valence-electron chi connectivity index (χ0n) is 10.8. The lowest BCUT2D eigenvalue weighted by molar-refractivity contribution is -0.146. The highest BCUT2D eigenvalue weighted by molar-refractivity contribution is 6.30. The average molecular weight is 286 g/mol. The van der Waals surface area contributed by atoms with Gasteiger partial charge in [-0.05, 0) is 26.0 Å². The van der Waals surface area contributed by atoms with E-state index in [0.717, 1.165) is 5.56 Å². The molecule has 19 heavy (non-hydrogen) atoms. The topological polar surface area (TPSA) is 75.6 Å². The van der Waals surface area contributed by atoms with E-state index in [9.17, 15) is 9.59 Å². The Bertz CT molecular complexity index is 476. The number of carbonyl (C=O) groups is 2. The van der Waals surface area contributed by atoms with Gasteiger partial charge in [0.2, 0.25) is 5.91 Å². The molecule has 1 aromatic rings. The number of ether oxygens (including phenoxy) is 1. The number of carboxylic acid groups (broad SMARTS) is 1. The van der Waals surface area contributed by atoms with E-state index in [1.54, 1.807) is 18.2 Å². The van der Waals surface area contributed by atoms with Crippen molar-refractivity contribution in [2.24, 2.45) is 5.92 Å². The second-order valence-corrected chi connectivity index (χ2v) is 4.40. The van der Waals surface area contributed by atoms with Crippen LogP contribution in [0.1, 0.15) is 19.4 Å². The number of rotatable bonds is 6. The van der Waals surface area contributed by atoms with Gasteiger partial charge in [0.25, 0.3) is 0 Å². The summed E-state index contributed by atoms with van der Waals surface area (Å²) in [7, 11) is 0. The van der Waals surface area contributed by atoms with Gasteiger partial charge >= 0.3 is 5.97 Å². The number of halogens is 1. The van der Waals surface area contributed by atoms with Crippen LogP contribution < -0.4 is 10.1 Å². The van der Waals surface area contributed by atoms with Gasteiger partial charge in [-0.15, -0.1) is 0 Å². The number of carbonyl (C=O) groups excluding carboxylic acids is 1. The van der Waals surface area contributed by atoms with Gasteiger partial charge in [0.05, 0.1) is 6.61 Å². The van der Waals surface area contributed by atoms with Gasteiger partial charge in [-0.1, -0.05) is 17.7 Å². The maximum Gasteiger partial charge on any atom is 0.315 e. The molecule has 104 valence electrons. The Morgan fingerprint density at radius 1 is 1.47 bits per heavy atom. The quantitative estimate of drug-likeness (QED) is 0.785. The lowest BCUT2D eigenvalue weighted by atomic mass is 10.1. The number of aliphatic carboxylic acids is 1. The van der Waals surface area contributed by atoms with Crippen LogP contribution in [0.25, 0.3) is 0 Å². The second-order valence-electron chi connectivity index (χ2n) is 3.96. The molecule has 0 spiro atoms. The maximum absolute atomic E-state index is 11.5. The van der Waals surface area contributed by atoms with Crippen molar-refractivity contribution in [2.45, 2.75) is 20.4 Å². The molecule has 0 saturated heterocycles. The van der Waals surface area contributed by atoms with E-state index in [0.29, 0.717) is 17.4 Å². The van der Waals surface area contributed by atoms with Crippen LogP contribution in [0.4, 0.5) is 0 Å². The van der Waals surface area contributed by atoms with Crippen LogP contribution in [0.2, 0.25) is 5.02 Å². The van der Waals surface area contributed by atoms with Crippen LogP contribution in [-0.2, 0) is 16.1 Å². The summed E-state index contributed by atoms with van der Waals surface area (Å²) in [5, 5.41) is 11.8. The molecule has 0 radical (unpaired) electrons. The van der Waals surface area contributed by atoms with Gasteiger partial charge < -0.3 is 15.2 Å². The molecule has 1 aromatic carbocycles. The molecule has 0 fully saturated rings. The Labute approximate surface area is 116 Å². The first-order valence-corrected chi connectivity index (χ1v) is 6.25. The van der Waals surface area contributed by atoms with Crippen molar-refractivity contribution in [3.05, 3.63) is 28.8 Å². The van der Waals surface area contributed by atoms with Crippen molar-refractivity contribution in [3.63, 3.8) is 0 Å². The predicted molar refractivity (Wildman–Crippen MR) is 71.3 cm³/mol. The standard InChI is InChI=1S/C13H16ClNO4/c1-3-19-11-6-10(14)5-4-9(11)7-15-12(16)8(2)13(17)18/h4-6,8H,3,7H2,1-2H3,(H,15,16)(H,17,18). The summed E-state index contributed by atoms with van der Waals surface area (Å²) in [5.41, 5.74) is 0.747. The first-order chi connectivity index (χ1) is 8.95. The number of amides is 1. The fourth-order valence-electron chi connectivity index (χ4n) is 1.41. The molecular weight excluding hydrogens is 270 g/mol. The van der Waals surface area contributed by atoms with Crippen molar-refractivity contribution >= 4 is 23.5 Å². The van der Waals surface area contributed by atoms with E-state index >= 15 is 0 Å². The highest BCUT2D eigenvalue weighted by atomic mass is 35.5. The van der Waals surface area contributed by atoms with Crippen LogP contribution in [0, 0.1) is 5.92 Å². The Morgan fingerprint density at radius 3 is 2.74 bits per heavy atom. The first-order valence-electron chi connectivity index (χ1n) is 5.87. The molecule has 0 aromatic heterocycles. The van der Waals surface area contributed by atoms with E-state index in [1.165, 1.54) is 6.92 Å². The van der Waals surface area contributed by atoms with Crippen molar-refractivity contribution in [2.75, 3.05) is 6.61 Å². The summed E-state index contributed by atoms with van der Waals surface area (Å²) >= 11 is 5.86. The van der Waals surface area contributed by atoms with Gasteiger partial charge in [-0.3, -0.25) is 9.59 Å². The molecule has 0 bridgehead atoms. The Hall–Kier alpha value is -1.75. The highest BCUT2D eigenvalue weighted by Gasteiger charge is 2.20. The van der Waals surface area contributed by atoms with E-state index < -0.39 is 17.8 Å². The van der Waals surface area contributed by atoms with Gasteiger partial charge in [0.15, 0.2) is 0 Å². The average Bonchev–Trinajstić information content (AvgIpc) is 2.36. The fraction of sp³-hybridized carbons (Fsp3) is 0.385. The normalized spacial score (nSPS) is 11.7. The molecule has 0 saturated carbocycles. The third-order valence-electron chi connectivity index (χ3n) is 2.55. The van der Waals surface area contributed by atoms with E-state index in [1.807, 2.05) is 6.92 Å². The Morgan fingerprint density at radius 2 is 2.16 bits per heavy atom. The number of benzene rings is 1. The zero-order chi connectivity index (χ0) is 14.4. The van der Waals surface area contributed by atoms with Crippen LogP contribution in [0.5, 0.6) is 5.75 Å². The van der Waals surface area contributed by atoms with Gasteiger partial charge in [0, 0.05) is 17.1 Å². The lowest BCUT2D eigenvalue weighted by Crippen LogP contribution is -2.33. The minimum Gasteiger partial charge on any atom is -0.493 e. The van der Waals surface area contributed by atoms with Gasteiger partial charge in [-0.25, -0.2) is 0 Å². The Balaban J connectivity index is 2.72. The molecule has 1 rings (SSSR count). The van der Waals surface area contributed by atoms with Crippen molar-refractivity contribution in [1.29, 1.82) is 0 Å². The number of hydrogen-bond acceptors (Lipinski definition) is 3. The molecule has 0 aliphatic carbocycles. The maximum atomic E-state index is 11.5. The molecule has 1 unspecified atom stereocenters. The largest absolute Gasteiger partial charge is 0.493 e. The predicted octanol–water partition coefficient (Wildman–Crippen LogP) is 2.08. The van der Waals surface area contributed by atoms with Crippen LogP contribution in [0.15, 0.2) is 18.2 Å². The summed E-state index contributed by atoms with van der Waals surface area (Å²) in [5.74, 6) is -2.19. The third kappa shape index (κ3) is 4.44. The molecular formula is C13H16ClNO4. The van der Waals surface area contributed by atoms with Crippen molar-refractivity contribution in [3.8, 4) is 5.75 Å². The van der Waals surface area contributed by atoms with Gasteiger partial charge in [-0.2, -0.15) is 0 Å². The van der Waals surface area contributed by atoms with Crippen molar-refractivity contribution < 1.29 is 19.4 Å². The molecule has 0 aliphatic heterocycles. The monoisotopic (exact) mass is 285 g/mol. The molecule has 2 N–H and O–H groups in total. The highest BCUT2D eigenvalue weighted by Crippen LogP contribution is 2.23. The summed E-state index contributed by atoms with van der Waals surface area (Å²) in [6, 6.07) is 5.08. The smallest absolute Gasteiger partial charge is 0.315 e. The minimum atomic E-state index is -1.15. The molecule has 6 heteroatoms. The molecule has 1 atom stereocenters. The summed E-state index contributed by atoms with van der Waals surface area (Å²) < 4.78 is 5.41. The summed E-state index contributed by atoms with van der Waals surface area (Å²) in [6.45, 7) is 3.86. The minimum absolute atomic E-state index is 0.197. The van der Waals surface area contributed by atoms with Crippen molar-refractivity contribution in [1.82, 2.24) is 5.32 Å². The van der Waals surface area contributed by atoms with E-state index in [2.05, 4.69) is 5.32 Å². The van der Waals surface area contributed by atoms with Crippen LogP contribution in [-0.4, -0.2) is 23.6 Å². The molecule has 0 heterocycles. The Kier molecular flexibility index (Phi) is 5.63. The van der Waals surface area contributed by atoms with Crippen LogP contribution >= 0.6 is 11.6 Å². The number of carboxylic acids is 1. The fourth-order valence-corrected chi connectivity index (χ4v) is 1.57. The molecule has 5 nitrogen and oxygen atoms in total. The van der Waals surface area contributed by atoms with Gasteiger partial charge in [0.1, 0.15) is 11.7 Å². The molecule has 0 aliphatic rings. The lowest BCUT2D eigenvalue weighted by Gasteiger charge is -2.12. The summed E-state index contributed by atoms with van der Waals surface area (Å²) in [4.78, 5) is 22.2. The summed E-state index contributed by atoms with van der Waals surface area (Å²) in [6.07, 6.45) is 0. The SMILES string of the molecule is CCOc1cc(Cl)ccc1CNC(=O)C(C)C(=O)O. The third-order valence-corrected chi connectivity index (χ3v) is 2.78. The zero-order valence-corrected chi connectivity index (χ0v) is 11.5. The van der Waals surface area contributed by atoms with E-state index in [4.69, 9.17) is 21.4 Å².